The van der Waals surface area contributed by atoms with E-state index in [1.807, 2.05) is 0 Å². The summed E-state index contributed by atoms with van der Waals surface area (Å²) in [7, 11) is 0. The van der Waals surface area contributed by atoms with Gasteiger partial charge in [-0.2, -0.15) is 4.90 Å². The third-order valence-corrected chi connectivity index (χ3v) is 4.64. The molecule has 0 radical (unpaired) electrons. The van der Waals surface area contributed by atoms with Crippen LogP contribution in [0.2, 0.25) is 0 Å². The SMILES string of the molecule is CC(C)(C)OC(=O)N(C(=O)OC(C)(C)C)c1ncc(Br)c(NC2CCCCO2)c1C=N. The molecule has 9 nitrogen and oxygen atoms in total. The molecular formula is C21H31BrN4O5. The minimum absolute atomic E-state index is 0.0694. The molecule has 1 aromatic heterocycles. The van der Waals surface area contributed by atoms with Gasteiger partial charge in [-0.1, -0.05) is 0 Å². The fraction of sp³-hybridized carbons (Fsp3) is 0.619. The van der Waals surface area contributed by atoms with Gasteiger partial charge in [0, 0.05) is 19.0 Å². The summed E-state index contributed by atoms with van der Waals surface area (Å²) >= 11 is 3.44. The summed E-state index contributed by atoms with van der Waals surface area (Å²) in [5.41, 5.74) is -0.993. The fourth-order valence-electron chi connectivity index (χ4n) is 2.83. The second-order valence-electron chi connectivity index (χ2n) is 9.16. The van der Waals surface area contributed by atoms with E-state index in [4.69, 9.17) is 19.6 Å². The van der Waals surface area contributed by atoms with Crippen LogP contribution >= 0.6 is 15.9 Å². The van der Waals surface area contributed by atoms with E-state index < -0.39 is 23.4 Å². The Hall–Kier alpha value is -2.20. The van der Waals surface area contributed by atoms with Gasteiger partial charge in [0.1, 0.15) is 17.4 Å². The predicted molar refractivity (Wildman–Crippen MR) is 122 cm³/mol. The van der Waals surface area contributed by atoms with Crippen molar-refractivity contribution >= 4 is 45.8 Å². The zero-order valence-electron chi connectivity index (χ0n) is 18.9. The van der Waals surface area contributed by atoms with Crippen molar-refractivity contribution in [3.8, 4) is 0 Å². The van der Waals surface area contributed by atoms with Crippen LogP contribution in [-0.4, -0.2) is 47.4 Å². The third-order valence-electron chi connectivity index (χ3n) is 4.04. The Morgan fingerprint density at radius 1 is 1.19 bits per heavy atom. The number of anilines is 2. The van der Waals surface area contributed by atoms with Crippen LogP contribution in [0.3, 0.4) is 0 Å². The van der Waals surface area contributed by atoms with E-state index in [2.05, 4.69) is 26.2 Å². The van der Waals surface area contributed by atoms with E-state index in [1.165, 1.54) is 6.20 Å². The van der Waals surface area contributed by atoms with Crippen molar-refractivity contribution in [3.05, 3.63) is 16.2 Å². The largest absolute Gasteiger partial charge is 0.443 e. The average molecular weight is 499 g/mol. The molecule has 172 valence electrons. The molecule has 0 saturated carbocycles. The lowest BCUT2D eigenvalue weighted by molar-refractivity contribution is 0.0343. The summed E-state index contributed by atoms with van der Waals surface area (Å²) in [6, 6.07) is 0. The molecule has 0 spiro atoms. The van der Waals surface area contributed by atoms with Gasteiger partial charge in [0.25, 0.3) is 0 Å². The molecule has 1 aromatic rings. The highest BCUT2D eigenvalue weighted by Gasteiger charge is 2.36. The molecule has 0 aromatic carbocycles. The summed E-state index contributed by atoms with van der Waals surface area (Å²) in [5, 5.41) is 11.2. The molecule has 2 amide bonds. The predicted octanol–water partition coefficient (Wildman–Crippen LogP) is 5.46. The van der Waals surface area contributed by atoms with Crippen LogP contribution in [0.4, 0.5) is 21.1 Å². The van der Waals surface area contributed by atoms with Crippen LogP contribution in [0.1, 0.15) is 66.4 Å². The second kappa shape index (κ2) is 9.95. The summed E-state index contributed by atoms with van der Waals surface area (Å²) in [4.78, 5) is 30.9. The molecule has 2 heterocycles. The molecule has 1 fully saturated rings. The zero-order chi connectivity index (χ0) is 23.4. The molecule has 31 heavy (non-hydrogen) atoms. The Labute approximate surface area is 191 Å². The van der Waals surface area contributed by atoms with Crippen LogP contribution in [0.15, 0.2) is 10.7 Å². The van der Waals surface area contributed by atoms with E-state index in [0.717, 1.165) is 30.4 Å². The number of hydrogen-bond acceptors (Lipinski definition) is 8. The standard InChI is InChI=1S/C21H31BrN4O5/c1-20(2,3)30-18(27)26(19(28)31-21(4,5)6)17-13(11-23)16(14(22)12-24-17)25-15-9-7-8-10-29-15/h11-12,15,23H,7-10H2,1-6H3,(H,24,25). The molecule has 0 bridgehead atoms. The highest BCUT2D eigenvalue weighted by atomic mass is 79.9. The average Bonchev–Trinajstić information content (AvgIpc) is 2.62. The molecule has 1 saturated heterocycles. The molecule has 0 aliphatic carbocycles. The fourth-order valence-corrected chi connectivity index (χ4v) is 3.26. The van der Waals surface area contributed by atoms with E-state index in [1.54, 1.807) is 41.5 Å². The Balaban J connectivity index is 2.52. The van der Waals surface area contributed by atoms with Gasteiger partial charge in [0.2, 0.25) is 0 Å². The second-order valence-corrected chi connectivity index (χ2v) is 10.0. The molecule has 2 rings (SSSR count). The minimum atomic E-state index is -0.945. The van der Waals surface area contributed by atoms with E-state index in [-0.39, 0.29) is 17.6 Å². The van der Waals surface area contributed by atoms with Gasteiger partial charge in [0.15, 0.2) is 5.82 Å². The number of rotatable bonds is 4. The lowest BCUT2D eigenvalue weighted by atomic mass is 10.1. The number of pyridine rings is 1. The van der Waals surface area contributed by atoms with Crippen LogP contribution in [-0.2, 0) is 14.2 Å². The van der Waals surface area contributed by atoms with Crippen molar-refractivity contribution in [3.63, 3.8) is 0 Å². The molecule has 10 heteroatoms. The Morgan fingerprint density at radius 3 is 2.23 bits per heavy atom. The van der Waals surface area contributed by atoms with Crippen molar-refractivity contribution in [1.82, 2.24) is 4.98 Å². The van der Waals surface area contributed by atoms with Crippen LogP contribution in [0, 0.1) is 5.41 Å². The van der Waals surface area contributed by atoms with Gasteiger partial charge in [-0.3, -0.25) is 0 Å². The number of halogens is 1. The van der Waals surface area contributed by atoms with Gasteiger partial charge in [-0.05, 0) is 76.7 Å². The quantitative estimate of drug-likeness (QED) is 0.529. The number of nitrogens with zero attached hydrogens (tertiary/aromatic N) is 2. The van der Waals surface area contributed by atoms with Gasteiger partial charge in [0.05, 0.1) is 15.7 Å². The number of carbonyl (C=O) groups excluding carboxylic acids is 2. The Kier molecular flexibility index (Phi) is 8.04. The van der Waals surface area contributed by atoms with Gasteiger partial charge >= 0.3 is 12.2 Å². The summed E-state index contributed by atoms with van der Waals surface area (Å²) in [6.07, 6.45) is 3.13. The minimum Gasteiger partial charge on any atom is -0.443 e. The van der Waals surface area contributed by atoms with Crippen molar-refractivity contribution in [1.29, 1.82) is 5.41 Å². The van der Waals surface area contributed by atoms with Crippen molar-refractivity contribution in [2.45, 2.75) is 78.2 Å². The topological polar surface area (TPSA) is 114 Å². The summed E-state index contributed by atoms with van der Waals surface area (Å²) in [5.74, 6) is -0.0694. The maximum absolute atomic E-state index is 13.0. The smallest absolute Gasteiger partial charge is 0.425 e. The van der Waals surface area contributed by atoms with Crippen LogP contribution < -0.4 is 10.2 Å². The van der Waals surface area contributed by atoms with E-state index in [9.17, 15) is 9.59 Å². The van der Waals surface area contributed by atoms with E-state index >= 15 is 0 Å². The van der Waals surface area contributed by atoms with Crippen molar-refractivity contribution in [2.24, 2.45) is 0 Å². The number of hydrogen-bond donors (Lipinski definition) is 2. The van der Waals surface area contributed by atoms with Gasteiger partial charge < -0.3 is 24.9 Å². The molecular weight excluding hydrogens is 468 g/mol. The van der Waals surface area contributed by atoms with E-state index in [0.29, 0.717) is 16.8 Å². The number of nitrogens with one attached hydrogen (secondary N) is 2. The number of ether oxygens (including phenoxy) is 3. The number of carbonyl (C=O) groups is 2. The highest BCUT2D eigenvalue weighted by molar-refractivity contribution is 9.10. The molecule has 1 aliphatic heterocycles. The monoisotopic (exact) mass is 498 g/mol. The van der Waals surface area contributed by atoms with Crippen molar-refractivity contribution in [2.75, 3.05) is 16.8 Å². The molecule has 1 unspecified atom stereocenters. The first-order valence-electron chi connectivity index (χ1n) is 10.2. The summed E-state index contributed by atoms with van der Waals surface area (Å²) < 4.78 is 17.2. The maximum Gasteiger partial charge on any atom is 0.425 e. The van der Waals surface area contributed by atoms with Crippen LogP contribution in [0.25, 0.3) is 0 Å². The number of imide groups is 1. The zero-order valence-corrected chi connectivity index (χ0v) is 20.5. The number of aromatic nitrogens is 1. The Bertz CT molecular complexity index is 798. The normalized spacial score (nSPS) is 16.9. The number of amides is 2. The lowest BCUT2D eigenvalue weighted by Gasteiger charge is -2.30. The van der Waals surface area contributed by atoms with Gasteiger partial charge in [-0.15, -0.1) is 0 Å². The lowest BCUT2D eigenvalue weighted by Crippen LogP contribution is -2.44. The molecule has 1 atom stereocenters. The Morgan fingerprint density at radius 2 is 1.77 bits per heavy atom. The molecule has 1 aliphatic rings. The first-order valence-corrected chi connectivity index (χ1v) is 10.9. The maximum atomic E-state index is 13.0. The van der Waals surface area contributed by atoms with Gasteiger partial charge in [-0.25, -0.2) is 14.6 Å². The third kappa shape index (κ3) is 7.17. The molecule has 2 N–H and O–H groups in total. The highest BCUT2D eigenvalue weighted by Crippen LogP contribution is 2.34. The van der Waals surface area contributed by atoms with Crippen LogP contribution in [0.5, 0.6) is 0 Å². The van der Waals surface area contributed by atoms with Crippen molar-refractivity contribution < 1.29 is 23.8 Å². The summed E-state index contributed by atoms with van der Waals surface area (Å²) in [6.45, 7) is 10.8. The first-order chi connectivity index (χ1) is 14.3. The first kappa shape index (κ1) is 25.1.